The van der Waals surface area contributed by atoms with Gasteiger partial charge in [-0.1, -0.05) is 5.22 Å². The van der Waals surface area contributed by atoms with Crippen molar-refractivity contribution < 1.29 is 4.79 Å². The van der Waals surface area contributed by atoms with Gasteiger partial charge in [0.25, 0.3) is 0 Å². The topological polar surface area (TPSA) is 72.3 Å². The van der Waals surface area contributed by atoms with Crippen LogP contribution in [-0.2, 0) is 0 Å². The lowest BCUT2D eigenvalue weighted by Crippen LogP contribution is -2.24. The van der Waals surface area contributed by atoms with Crippen LogP contribution < -0.4 is 10.6 Å². The molecule has 0 aromatic carbocycles. The molecule has 0 radical (unpaired) electrons. The van der Waals surface area contributed by atoms with Gasteiger partial charge in [-0.25, -0.2) is 4.79 Å². The van der Waals surface area contributed by atoms with E-state index in [0.717, 1.165) is 13.1 Å². The monoisotopic (exact) mass is 184 g/mol. The summed E-state index contributed by atoms with van der Waals surface area (Å²) >= 11 is 0. The molecule has 72 valence electrons. The van der Waals surface area contributed by atoms with Gasteiger partial charge in [-0.3, -0.25) is 10.3 Å². The number of urea groups is 1. The molecule has 2 amide bonds. The van der Waals surface area contributed by atoms with Gasteiger partial charge in [0.15, 0.2) is 0 Å². The fourth-order valence-corrected chi connectivity index (χ4v) is 1.22. The molecule has 0 aromatic rings. The molecule has 2 aliphatic rings. The number of carbonyl (C=O) groups is 1. The molecule has 0 unspecified atom stereocenters. The number of nitrogens with one attached hydrogen (secondary N) is 2. The molecule has 7 nitrogen and oxygen atoms in total. The highest BCUT2D eigenvalue weighted by atomic mass is 16.2. The fraction of sp³-hybridized carbons (Fsp3) is 0.833. The zero-order valence-electron chi connectivity index (χ0n) is 7.23. The van der Waals surface area contributed by atoms with Gasteiger partial charge < -0.3 is 5.32 Å². The number of hydrogen-bond donors (Lipinski definition) is 2. The summed E-state index contributed by atoms with van der Waals surface area (Å²) in [7, 11) is 0. The number of nitrogens with zero attached hydrogens (tertiary/aromatic N) is 4. The smallest absolute Gasteiger partial charge is 0.335 e. The first kappa shape index (κ1) is 8.24. The number of hydrogen-bond acceptors (Lipinski definition) is 4. The fourth-order valence-electron chi connectivity index (χ4n) is 1.22. The Kier molecular flexibility index (Phi) is 2.26. The van der Waals surface area contributed by atoms with Gasteiger partial charge in [0, 0.05) is 13.1 Å². The Balaban J connectivity index is 1.85. The summed E-state index contributed by atoms with van der Waals surface area (Å²) in [6.45, 7) is 3.73. The van der Waals surface area contributed by atoms with Crippen molar-refractivity contribution in [2.24, 2.45) is 10.4 Å². The van der Waals surface area contributed by atoms with Crippen molar-refractivity contribution >= 4 is 6.03 Å². The summed E-state index contributed by atoms with van der Waals surface area (Å²) in [6, 6.07) is -0.170. The summed E-state index contributed by atoms with van der Waals surface area (Å²) in [4.78, 5) is 11.0. The molecule has 0 saturated carbocycles. The van der Waals surface area contributed by atoms with Crippen LogP contribution in [-0.4, -0.2) is 48.9 Å². The quantitative estimate of drug-likeness (QED) is 0.549. The first-order chi connectivity index (χ1) is 6.36. The highest BCUT2D eigenvalue weighted by molar-refractivity contribution is 5.75. The molecule has 2 rings (SSSR count). The predicted octanol–water partition coefficient (Wildman–Crippen LogP) is -0.843. The van der Waals surface area contributed by atoms with Gasteiger partial charge in [0.2, 0.25) is 0 Å². The molecule has 0 bridgehead atoms. The molecule has 2 fully saturated rings. The van der Waals surface area contributed by atoms with E-state index in [2.05, 4.69) is 21.1 Å². The molecule has 0 aromatic heterocycles. The van der Waals surface area contributed by atoms with Crippen molar-refractivity contribution in [3.8, 4) is 0 Å². The van der Waals surface area contributed by atoms with Crippen LogP contribution in [0.5, 0.6) is 0 Å². The van der Waals surface area contributed by atoms with E-state index in [4.69, 9.17) is 0 Å². The summed E-state index contributed by atoms with van der Waals surface area (Å²) < 4.78 is 0. The van der Waals surface area contributed by atoms with Crippen molar-refractivity contribution in [3.05, 3.63) is 0 Å². The van der Waals surface area contributed by atoms with Gasteiger partial charge in [-0.2, -0.15) is 5.01 Å². The average Bonchev–Trinajstić information content (AvgIpc) is 2.72. The van der Waals surface area contributed by atoms with Gasteiger partial charge in [-0.05, 0) is 5.22 Å². The number of carbonyl (C=O) groups excluding carboxylic acids is 1. The summed E-state index contributed by atoms with van der Waals surface area (Å²) in [5, 5.41) is 16.6. The molecular weight excluding hydrogens is 172 g/mol. The average molecular weight is 184 g/mol. The largest absolute Gasteiger partial charge is 0.339 e. The first-order valence-electron chi connectivity index (χ1n) is 4.29. The second-order valence-electron chi connectivity index (χ2n) is 2.92. The van der Waals surface area contributed by atoms with Gasteiger partial charge in [-0.15, -0.1) is 0 Å². The minimum absolute atomic E-state index is 0.170. The molecule has 2 aliphatic heterocycles. The summed E-state index contributed by atoms with van der Waals surface area (Å²) in [5.41, 5.74) is 0. The van der Waals surface area contributed by atoms with E-state index in [-0.39, 0.29) is 6.03 Å². The minimum Gasteiger partial charge on any atom is -0.335 e. The zero-order chi connectivity index (χ0) is 9.10. The van der Waals surface area contributed by atoms with Crippen LogP contribution in [0.15, 0.2) is 10.4 Å². The Morgan fingerprint density at radius 3 is 2.77 bits per heavy atom. The number of amides is 2. The lowest BCUT2D eigenvalue weighted by molar-refractivity contribution is 0.205. The van der Waals surface area contributed by atoms with E-state index < -0.39 is 0 Å². The second-order valence-corrected chi connectivity index (χ2v) is 2.92. The molecule has 0 spiro atoms. The highest BCUT2D eigenvalue weighted by Gasteiger charge is 2.19. The Bertz CT molecular complexity index is 223. The maximum Gasteiger partial charge on any atom is 0.339 e. The van der Waals surface area contributed by atoms with Crippen molar-refractivity contribution in [1.82, 2.24) is 20.7 Å². The van der Waals surface area contributed by atoms with E-state index in [1.54, 1.807) is 5.01 Å². The third-order valence-electron chi connectivity index (χ3n) is 1.95. The Morgan fingerprint density at radius 2 is 2.15 bits per heavy atom. The van der Waals surface area contributed by atoms with Crippen molar-refractivity contribution in [1.29, 1.82) is 0 Å². The molecule has 2 N–H and O–H groups in total. The zero-order valence-corrected chi connectivity index (χ0v) is 7.23. The van der Waals surface area contributed by atoms with Gasteiger partial charge in [0.1, 0.15) is 0 Å². The van der Waals surface area contributed by atoms with Crippen LogP contribution in [0.4, 0.5) is 4.79 Å². The van der Waals surface area contributed by atoms with E-state index in [1.807, 2.05) is 0 Å². The molecule has 0 aliphatic carbocycles. The lowest BCUT2D eigenvalue weighted by atomic mass is 10.7. The molecule has 2 heterocycles. The molecule has 0 atom stereocenters. The SMILES string of the molecule is O=C1NCCN1/N=N/N1CCNC1. The van der Waals surface area contributed by atoms with E-state index in [1.165, 1.54) is 5.01 Å². The maximum absolute atomic E-state index is 11.0. The normalized spacial score (nSPS) is 23.2. The van der Waals surface area contributed by atoms with Crippen LogP contribution in [0.2, 0.25) is 0 Å². The van der Waals surface area contributed by atoms with Crippen molar-refractivity contribution in [3.63, 3.8) is 0 Å². The third-order valence-corrected chi connectivity index (χ3v) is 1.95. The van der Waals surface area contributed by atoms with E-state index in [0.29, 0.717) is 19.8 Å². The van der Waals surface area contributed by atoms with Gasteiger partial charge >= 0.3 is 6.03 Å². The van der Waals surface area contributed by atoms with Crippen LogP contribution in [0.1, 0.15) is 0 Å². The Morgan fingerprint density at radius 1 is 1.23 bits per heavy atom. The lowest BCUT2D eigenvalue weighted by Gasteiger charge is -2.09. The van der Waals surface area contributed by atoms with Crippen LogP contribution >= 0.6 is 0 Å². The van der Waals surface area contributed by atoms with Crippen LogP contribution in [0, 0.1) is 0 Å². The van der Waals surface area contributed by atoms with Gasteiger partial charge in [0.05, 0.1) is 19.8 Å². The van der Waals surface area contributed by atoms with E-state index in [9.17, 15) is 4.79 Å². The maximum atomic E-state index is 11.0. The Hall–Kier alpha value is -1.37. The second kappa shape index (κ2) is 3.56. The third kappa shape index (κ3) is 1.86. The van der Waals surface area contributed by atoms with Crippen molar-refractivity contribution in [2.45, 2.75) is 0 Å². The van der Waals surface area contributed by atoms with E-state index >= 15 is 0 Å². The van der Waals surface area contributed by atoms with Crippen LogP contribution in [0.25, 0.3) is 0 Å². The van der Waals surface area contributed by atoms with Crippen LogP contribution in [0.3, 0.4) is 0 Å². The first-order valence-corrected chi connectivity index (χ1v) is 4.29. The summed E-state index contributed by atoms with van der Waals surface area (Å²) in [6.07, 6.45) is 0. The Labute approximate surface area is 75.7 Å². The number of rotatable bonds is 2. The van der Waals surface area contributed by atoms with Crippen molar-refractivity contribution in [2.75, 3.05) is 32.8 Å². The minimum atomic E-state index is -0.170. The predicted molar refractivity (Wildman–Crippen MR) is 44.5 cm³/mol. The molecular formula is C6H12N6O. The molecule has 2 saturated heterocycles. The molecule has 13 heavy (non-hydrogen) atoms. The highest BCUT2D eigenvalue weighted by Crippen LogP contribution is 2.00. The molecule has 7 heteroatoms. The summed E-state index contributed by atoms with van der Waals surface area (Å²) in [5.74, 6) is 0. The standard InChI is InChI=1S/C6H12N6O/c13-6-8-2-4-12(6)10-9-11-3-1-7-5-11/h7H,1-5H2,(H,8,13)/b10-9+.